The summed E-state index contributed by atoms with van der Waals surface area (Å²) in [6.07, 6.45) is 10.1. The van der Waals surface area contributed by atoms with Crippen molar-refractivity contribution in [3.63, 3.8) is 0 Å². The van der Waals surface area contributed by atoms with Gasteiger partial charge in [0.2, 0.25) is 11.8 Å². The lowest BCUT2D eigenvalue weighted by Crippen LogP contribution is -2.53. The summed E-state index contributed by atoms with van der Waals surface area (Å²) < 4.78 is 5.38. The third-order valence-electron chi connectivity index (χ3n) is 7.42. The smallest absolute Gasteiger partial charge is 0.408 e. The number of fused-ring (bicyclic) bond motifs is 1. The number of ether oxygens (including phenoxy) is 1. The van der Waals surface area contributed by atoms with Gasteiger partial charge in [-0.15, -0.1) is 6.42 Å². The molecule has 0 saturated carbocycles. The largest absolute Gasteiger partial charge is 0.444 e. The Morgan fingerprint density at radius 2 is 1.57 bits per heavy atom. The fraction of sp³-hybridized carbons (Fsp3) is 0.405. The van der Waals surface area contributed by atoms with Crippen LogP contribution in [0.4, 0.5) is 10.5 Å². The topological polar surface area (TPSA) is 131 Å². The summed E-state index contributed by atoms with van der Waals surface area (Å²) in [5.41, 5.74) is 6.11. The van der Waals surface area contributed by atoms with Crippen LogP contribution in [0.25, 0.3) is 10.8 Å². The molecule has 0 saturated heterocycles. The van der Waals surface area contributed by atoms with Crippen LogP contribution in [0.15, 0.2) is 66.7 Å². The van der Waals surface area contributed by atoms with Crippen LogP contribution in [0.1, 0.15) is 89.8 Å². The zero-order valence-corrected chi connectivity index (χ0v) is 27.3. The van der Waals surface area contributed by atoms with Crippen molar-refractivity contribution in [1.29, 1.82) is 0 Å². The average Bonchev–Trinajstić information content (AvgIpc) is 3.00. The van der Waals surface area contributed by atoms with Gasteiger partial charge in [0.15, 0.2) is 0 Å². The van der Waals surface area contributed by atoms with Crippen LogP contribution >= 0.6 is 0 Å². The molecule has 2 atom stereocenters. The Morgan fingerprint density at radius 3 is 2.24 bits per heavy atom. The number of nitrogens with two attached hydrogens (primary N) is 1. The highest BCUT2D eigenvalue weighted by molar-refractivity contribution is 6.01. The van der Waals surface area contributed by atoms with E-state index in [2.05, 4.69) is 23.5 Å². The minimum absolute atomic E-state index is 0.172. The van der Waals surface area contributed by atoms with E-state index in [-0.39, 0.29) is 6.54 Å². The molecule has 2 unspecified atom stereocenters. The lowest BCUT2D eigenvalue weighted by atomic mass is 9.96. The second-order valence-corrected chi connectivity index (χ2v) is 12.4. The van der Waals surface area contributed by atoms with Gasteiger partial charge in [0.05, 0.1) is 6.42 Å². The first-order chi connectivity index (χ1) is 21.9. The number of carbonyl (C=O) groups excluding carboxylic acids is 4. The normalized spacial score (nSPS) is 12.4. The first-order valence-electron chi connectivity index (χ1n) is 15.9. The molecule has 0 aromatic heterocycles. The van der Waals surface area contributed by atoms with Gasteiger partial charge in [-0.05, 0) is 61.7 Å². The zero-order valence-electron chi connectivity index (χ0n) is 27.3. The molecule has 4 amide bonds. The molecular weight excluding hydrogens is 580 g/mol. The van der Waals surface area contributed by atoms with Crippen molar-refractivity contribution in [2.75, 3.05) is 11.9 Å². The van der Waals surface area contributed by atoms with Gasteiger partial charge >= 0.3 is 6.09 Å². The van der Waals surface area contributed by atoms with Gasteiger partial charge in [-0.2, -0.15) is 0 Å². The van der Waals surface area contributed by atoms with E-state index < -0.39 is 47.9 Å². The minimum atomic E-state index is -1.37. The van der Waals surface area contributed by atoms with Crippen LogP contribution in [0.2, 0.25) is 0 Å². The summed E-state index contributed by atoms with van der Waals surface area (Å²) in [7, 11) is 0. The van der Waals surface area contributed by atoms with Gasteiger partial charge in [0.25, 0.3) is 5.91 Å². The SMILES string of the molecule is C#Cc1ccccc1C(C(=O)Nc1ccc2ccccc2c1)N(CCCCCCCC)C(=O)C(CC(N)=O)NC(=O)OC(C)(C)C. The van der Waals surface area contributed by atoms with Crippen molar-refractivity contribution >= 4 is 40.3 Å². The number of alkyl carbamates (subject to hydrolysis) is 1. The van der Waals surface area contributed by atoms with Crippen molar-refractivity contribution < 1.29 is 23.9 Å². The maximum absolute atomic E-state index is 14.4. The van der Waals surface area contributed by atoms with Crippen LogP contribution in [-0.4, -0.2) is 46.9 Å². The Morgan fingerprint density at radius 1 is 0.913 bits per heavy atom. The summed E-state index contributed by atoms with van der Waals surface area (Å²) in [6.45, 7) is 7.37. The summed E-state index contributed by atoms with van der Waals surface area (Å²) in [4.78, 5) is 55.1. The molecule has 9 nitrogen and oxygen atoms in total. The quantitative estimate of drug-likeness (QED) is 0.132. The second kappa shape index (κ2) is 17.0. The van der Waals surface area contributed by atoms with E-state index in [1.54, 1.807) is 51.1 Å². The van der Waals surface area contributed by atoms with Crippen molar-refractivity contribution in [2.24, 2.45) is 5.73 Å². The van der Waals surface area contributed by atoms with Crippen LogP contribution in [0.3, 0.4) is 0 Å². The van der Waals surface area contributed by atoms with Crippen molar-refractivity contribution in [1.82, 2.24) is 10.2 Å². The third-order valence-corrected chi connectivity index (χ3v) is 7.42. The summed E-state index contributed by atoms with van der Waals surface area (Å²) in [6, 6.07) is 17.7. The fourth-order valence-corrected chi connectivity index (χ4v) is 5.28. The molecule has 0 radical (unpaired) electrons. The highest BCUT2D eigenvalue weighted by Crippen LogP contribution is 2.29. The van der Waals surface area contributed by atoms with Crippen molar-refractivity contribution in [3.05, 3.63) is 77.9 Å². The molecule has 9 heteroatoms. The molecule has 244 valence electrons. The van der Waals surface area contributed by atoms with E-state index in [4.69, 9.17) is 16.9 Å². The fourth-order valence-electron chi connectivity index (χ4n) is 5.28. The number of nitrogens with zero attached hydrogens (tertiary/aromatic N) is 1. The number of rotatable bonds is 15. The molecule has 0 heterocycles. The molecule has 3 rings (SSSR count). The van der Waals surface area contributed by atoms with Crippen LogP contribution in [-0.2, 0) is 19.1 Å². The standard InChI is InChI=1S/C37H46N4O5/c1-6-8-9-10-11-16-23-41(35(44)31(25-32(38)42)40-36(45)46-37(3,4)5)33(30-20-15-14-17-26(30)7-2)34(43)39-29-22-21-27-18-12-13-19-28(27)24-29/h2,12-15,17-22,24,31,33H,6,8-11,16,23,25H2,1,3-5H3,(H2,38,42)(H,39,43)(H,40,45). The molecular formula is C37H46N4O5. The summed E-state index contributed by atoms with van der Waals surface area (Å²) >= 11 is 0. The van der Waals surface area contributed by atoms with E-state index >= 15 is 0 Å². The van der Waals surface area contributed by atoms with E-state index in [0.29, 0.717) is 23.2 Å². The number of carbonyl (C=O) groups is 4. The molecule has 0 spiro atoms. The van der Waals surface area contributed by atoms with E-state index in [0.717, 1.165) is 42.9 Å². The second-order valence-electron chi connectivity index (χ2n) is 12.4. The van der Waals surface area contributed by atoms with Crippen LogP contribution in [0.5, 0.6) is 0 Å². The Hall–Kier alpha value is -4.84. The van der Waals surface area contributed by atoms with Crippen LogP contribution in [0, 0.1) is 12.3 Å². The first kappa shape index (κ1) is 35.6. The monoisotopic (exact) mass is 626 g/mol. The Kier molecular flexibility index (Phi) is 13.2. The lowest BCUT2D eigenvalue weighted by molar-refractivity contribution is -0.142. The lowest BCUT2D eigenvalue weighted by Gasteiger charge is -2.35. The first-order valence-corrected chi connectivity index (χ1v) is 15.9. The van der Waals surface area contributed by atoms with Gasteiger partial charge in [0, 0.05) is 17.8 Å². The highest BCUT2D eigenvalue weighted by atomic mass is 16.6. The number of benzene rings is 3. The minimum Gasteiger partial charge on any atom is -0.444 e. The van der Waals surface area contributed by atoms with Crippen molar-refractivity contribution in [3.8, 4) is 12.3 Å². The maximum Gasteiger partial charge on any atom is 0.408 e. The highest BCUT2D eigenvalue weighted by Gasteiger charge is 2.37. The Labute approximate surface area is 272 Å². The molecule has 4 N–H and O–H groups in total. The summed E-state index contributed by atoms with van der Waals surface area (Å²) in [5.74, 6) is 0.702. The number of terminal acetylenes is 1. The number of amides is 4. The zero-order chi connectivity index (χ0) is 33.7. The molecule has 0 aliphatic carbocycles. The van der Waals surface area contributed by atoms with Crippen molar-refractivity contribution in [2.45, 2.75) is 90.3 Å². The molecule has 3 aromatic carbocycles. The number of anilines is 1. The predicted octanol–water partition coefficient (Wildman–Crippen LogP) is 6.46. The van der Waals surface area contributed by atoms with E-state index in [1.165, 1.54) is 4.90 Å². The molecule has 0 aliphatic rings. The average molecular weight is 627 g/mol. The van der Waals surface area contributed by atoms with E-state index in [1.807, 2.05) is 36.4 Å². The summed E-state index contributed by atoms with van der Waals surface area (Å²) in [5, 5.41) is 7.45. The van der Waals surface area contributed by atoms with Gasteiger partial charge in [-0.3, -0.25) is 14.4 Å². The number of nitrogens with one attached hydrogen (secondary N) is 2. The van der Waals surface area contributed by atoms with E-state index in [9.17, 15) is 19.2 Å². The molecule has 3 aromatic rings. The number of unbranched alkanes of at least 4 members (excludes halogenated alkanes) is 5. The number of hydrogen-bond acceptors (Lipinski definition) is 5. The van der Waals surface area contributed by atoms with Gasteiger partial charge < -0.3 is 26.0 Å². The maximum atomic E-state index is 14.4. The Bertz CT molecular complexity index is 1560. The third kappa shape index (κ3) is 10.7. The molecule has 0 fully saturated rings. The number of hydrogen-bond donors (Lipinski definition) is 3. The Balaban J connectivity index is 2.06. The van der Waals surface area contributed by atoms with Gasteiger partial charge in [0.1, 0.15) is 17.7 Å². The van der Waals surface area contributed by atoms with Crippen LogP contribution < -0.4 is 16.4 Å². The molecule has 0 bridgehead atoms. The van der Waals surface area contributed by atoms with Gasteiger partial charge in [-0.25, -0.2) is 4.79 Å². The predicted molar refractivity (Wildman–Crippen MR) is 182 cm³/mol. The molecule has 46 heavy (non-hydrogen) atoms. The number of primary amides is 1. The molecule has 0 aliphatic heterocycles. The van der Waals surface area contributed by atoms with Gasteiger partial charge in [-0.1, -0.05) is 93.5 Å².